The standard InChI is InChI=1S/C26H32FNO2/c1-18(13-20-3-7-23(27)8-4-20)17-30-25-9-10-26-19(2)22(6-5-21(26)14-25)15-28-12-11-24(29)16-28/h3-4,7-10,14,18,24,29H,5-6,11-13,15-17H2,1-2H3/t18-,24-/m0/s1. The van der Waals surface area contributed by atoms with E-state index < -0.39 is 0 Å². The van der Waals surface area contributed by atoms with Crippen molar-refractivity contribution >= 4 is 5.57 Å². The molecule has 1 N–H and O–H groups in total. The van der Waals surface area contributed by atoms with Crippen LogP contribution in [0.2, 0.25) is 0 Å². The Morgan fingerprint density at radius 3 is 2.70 bits per heavy atom. The molecule has 0 saturated carbocycles. The lowest BCUT2D eigenvalue weighted by atomic mass is 9.86. The van der Waals surface area contributed by atoms with E-state index in [1.54, 1.807) is 0 Å². The van der Waals surface area contributed by atoms with Crippen LogP contribution >= 0.6 is 0 Å². The molecule has 1 heterocycles. The van der Waals surface area contributed by atoms with Crippen molar-refractivity contribution in [1.82, 2.24) is 4.90 Å². The van der Waals surface area contributed by atoms with E-state index >= 15 is 0 Å². The van der Waals surface area contributed by atoms with Crippen molar-refractivity contribution in [1.29, 1.82) is 0 Å². The van der Waals surface area contributed by atoms with E-state index in [1.807, 2.05) is 12.1 Å². The summed E-state index contributed by atoms with van der Waals surface area (Å²) in [5, 5.41) is 9.78. The number of rotatable bonds is 7. The second-order valence-electron chi connectivity index (χ2n) is 8.97. The van der Waals surface area contributed by atoms with E-state index in [4.69, 9.17) is 4.74 Å². The van der Waals surface area contributed by atoms with Crippen LogP contribution < -0.4 is 4.74 Å². The Bertz CT molecular complexity index is 906. The van der Waals surface area contributed by atoms with Crippen molar-refractivity contribution in [2.75, 3.05) is 26.2 Å². The number of benzene rings is 2. The van der Waals surface area contributed by atoms with Crippen molar-refractivity contribution < 1.29 is 14.2 Å². The fourth-order valence-corrected chi connectivity index (χ4v) is 4.64. The lowest BCUT2D eigenvalue weighted by Crippen LogP contribution is -2.26. The topological polar surface area (TPSA) is 32.7 Å². The van der Waals surface area contributed by atoms with Gasteiger partial charge in [0.2, 0.25) is 0 Å². The molecular weight excluding hydrogens is 377 g/mol. The number of aliphatic hydroxyl groups is 1. The molecule has 0 spiro atoms. The highest BCUT2D eigenvalue weighted by molar-refractivity contribution is 5.72. The van der Waals surface area contributed by atoms with Gasteiger partial charge in [-0.15, -0.1) is 0 Å². The van der Waals surface area contributed by atoms with Crippen LogP contribution in [0.1, 0.15) is 43.4 Å². The van der Waals surface area contributed by atoms with Crippen LogP contribution in [0.4, 0.5) is 4.39 Å². The van der Waals surface area contributed by atoms with Gasteiger partial charge in [0, 0.05) is 19.6 Å². The van der Waals surface area contributed by atoms with Crippen LogP contribution in [-0.2, 0) is 12.8 Å². The minimum absolute atomic E-state index is 0.160. The highest BCUT2D eigenvalue weighted by Gasteiger charge is 2.23. The van der Waals surface area contributed by atoms with E-state index in [9.17, 15) is 9.50 Å². The number of aryl methyl sites for hydroxylation is 1. The number of halogens is 1. The normalized spacial score (nSPS) is 20.3. The van der Waals surface area contributed by atoms with E-state index in [0.717, 1.165) is 56.6 Å². The summed E-state index contributed by atoms with van der Waals surface area (Å²) in [6, 6.07) is 13.2. The molecule has 1 aliphatic carbocycles. The first-order chi connectivity index (χ1) is 14.5. The summed E-state index contributed by atoms with van der Waals surface area (Å²) in [4.78, 5) is 2.37. The van der Waals surface area contributed by atoms with E-state index in [-0.39, 0.29) is 11.9 Å². The van der Waals surface area contributed by atoms with Gasteiger partial charge in [0.1, 0.15) is 11.6 Å². The van der Waals surface area contributed by atoms with Crippen molar-refractivity contribution in [3.63, 3.8) is 0 Å². The number of nitrogens with zero attached hydrogens (tertiary/aromatic N) is 1. The molecule has 160 valence electrons. The van der Waals surface area contributed by atoms with Gasteiger partial charge in [-0.1, -0.05) is 30.7 Å². The molecule has 1 saturated heterocycles. The predicted molar refractivity (Wildman–Crippen MR) is 119 cm³/mol. The van der Waals surface area contributed by atoms with E-state index in [1.165, 1.54) is 34.4 Å². The second-order valence-corrected chi connectivity index (χ2v) is 8.97. The first-order valence-corrected chi connectivity index (χ1v) is 11.1. The lowest BCUT2D eigenvalue weighted by molar-refractivity contribution is 0.179. The maximum atomic E-state index is 13.1. The van der Waals surface area contributed by atoms with Crippen molar-refractivity contribution in [3.8, 4) is 5.75 Å². The molecule has 2 aromatic carbocycles. The fourth-order valence-electron chi connectivity index (χ4n) is 4.64. The van der Waals surface area contributed by atoms with Crippen LogP contribution in [0.3, 0.4) is 0 Å². The third-order valence-corrected chi connectivity index (χ3v) is 6.40. The minimum Gasteiger partial charge on any atom is -0.493 e. The molecule has 4 rings (SSSR count). The second kappa shape index (κ2) is 9.32. The summed E-state index contributed by atoms with van der Waals surface area (Å²) in [6.07, 6.45) is 3.73. The number of ether oxygens (including phenoxy) is 1. The molecule has 0 aromatic heterocycles. The average molecular weight is 410 g/mol. The minimum atomic E-state index is -0.192. The van der Waals surface area contributed by atoms with E-state index in [0.29, 0.717) is 12.5 Å². The highest BCUT2D eigenvalue weighted by Crippen LogP contribution is 2.34. The van der Waals surface area contributed by atoms with Gasteiger partial charge in [-0.25, -0.2) is 4.39 Å². The number of allylic oxidation sites excluding steroid dienone is 1. The first kappa shape index (κ1) is 21.1. The Hall–Kier alpha value is -2.17. The van der Waals surface area contributed by atoms with Crippen LogP contribution in [0, 0.1) is 11.7 Å². The van der Waals surface area contributed by atoms with Gasteiger partial charge < -0.3 is 9.84 Å². The predicted octanol–water partition coefficient (Wildman–Crippen LogP) is 4.87. The molecule has 2 aliphatic rings. The van der Waals surface area contributed by atoms with Crippen LogP contribution in [0.5, 0.6) is 5.75 Å². The Morgan fingerprint density at radius 2 is 1.97 bits per heavy atom. The number of hydrogen-bond donors (Lipinski definition) is 1. The summed E-state index contributed by atoms with van der Waals surface area (Å²) in [5.74, 6) is 1.09. The van der Waals surface area contributed by atoms with Gasteiger partial charge in [-0.3, -0.25) is 4.90 Å². The fraction of sp³-hybridized carbons (Fsp3) is 0.462. The number of β-amino-alcohol motifs (C(OH)–C–C–N with tert-alkyl or cyclic N) is 1. The molecule has 2 aromatic rings. The van der Waals surface area contributed by atoms with Gasteiger partial charge in [0.25, 0.3) is 0 Å². The summed E-state index contributed by atoms with van der Waals surface area (Å²) >= 11 is 0. The zero-order chi connectivity index (χ0) is 21.1. The molecule has 3 nitrogen and oxygen atoms in total. The summed E-state index contributed by atoms with van der Waals surface area (Å²) < 4.78 is 19.1. The SMILES string of the molecule is CC1=C(CN2CC[C@H](O)C2)CCc2cc(OC[C@@H](C)Cc3ccc(F)cc3)ccc21. The van der Waals surface area contributed by atoms with Gasteiger partial charge in [-0.05, 0) is 85.1 Å². The van der Waals surface area contributed by atoms with Crippen molar-refractivity contribution in [2.45, 2.75) is 45.6 Å². The van der Waals surface area contributed by atoms with Crippen LogP contribution in [0.25, 0.3) is 5.57 Å². The zero-order valence-electron chi connectivity index (χ0n) is 18.0. The molecule has 30 heavy (non-hydrogen) atoms. The van der Waals surface area contributed by atoms with Crippen LogP contribution in [0.15, 0.2) is 48.0 Å². The molecule has 0 unspecified atom stereocenters. The summed E-state index contributed by atoms with van der Waals surface area (Å²) in [5.41, 5.74) is 6.72. The summed E-state index contributed by atoms with van der Waals surface area (Å²) in [7, 11) is 0. The number of hydrogen-bond acceptors (Lipinski definition) is 3. The van der Waals surface area contributed by atoms with Crippen LogP contribution in [-0.4, -0.2) is 42.4 Å². The van der Waals surface area contributed by atoms with Crippen molar-refractivity contribution in [2.24, 2.45) is 5.92 Å². The molecule has 0 bridgehead atoms. The largest absolute Gasteiger partial charge is 0.493 e. The maximum absolute atomic E-state index is 13.1. The third kappa shape index (κ3) is 5.11. The van der Waals surface area contributed by atoms with Gasteiger partial charge >= 0.3 is 0 Å². The molecule has 1 fully saturated rings. The molecule has 2 atom stereocenters. The molecule has 0 radical (unpaired) electrons. The first-order valence-electron chi connectivity index (χ1n) is 11.1. The zero-order valence-corrected chi connectivity index (χ0v) is 18.0. The van der Waals surface area contributed by atoms with E-state index in [2.05, 4.69) is 36.9 Å². The smallest absolute Gasteiger partial charge is 0.123 e. The highest BCUT2D eigenvalue weighted by atomic mass is 19.1. The number of likely N-dealkylation sites (tertiary alicyclic amines) is 1. The molecule has 1 aliphatic heterocycles. The number of fused-ring (bicyclic) bond motifs is 1. The Balaban J connectivity index is 1.35. The Morgan fingerprint density at radius 1 is 1.17 bits per heavy atom. The lowest BCUT2D eigenvalue weighted by Gasteiger charge is -2.25. The third-order valence-electron chi connectivity index (χ3n) is 6.40. The quantitative estimate of drug-likeness (QED) is 0.708. The van der Waals surface area contributed by atoms with Gasteiger partial charge in [0.05, 0.1) is 12.7 Å². The molecular formula is C26H32FNO2. The Labute approximate surface area is 179 Å². The average Bonchev–Trinajstić information content (AvgIpc) is 3.15. The maximum Gasteiger partial charge on any atom is 0.123 e. The number of aliphatic hydroxyl groups excluding tert-OH is 1. The molecule has 0 amide bonds. The van der Waals surface area contributed by atoms with Crippen molar-refractivity contribution in [3.05, 3.63) is 70.5 Å². The monoisotopic (exact) mass is 409 g/mol. The molecule has 4 heteroatoms. The Kier molecular flexibility index (Phi) is 6.55. The van der Waals surface area contributed by atoms with Gasteiger partial charge in [-0.2, -0.15) is 0 Å². The summed E-state index contributed by atoms with van der Waals surface area (Å²) in [6.45, 7) is 7.80. The van der Waals surface area contributed by atoms with Gasteiger partial charge in [0.15, 0.2) is 0 Å².